The molecule has 0 aliphatic carbocycles. The van der Waals surface area contributed by atoms with Gasteiger partial charge in [0.25, 0.3) is 5.91 Å². The van der Waals surface area contributed by atoms with Crippen LogP contribution in [0.1, 0.15) is 31.0 Å². The molecule has 0 aromatic carbocycles. The first-order valence-electron chi connectivity index (χ1n) is 7.63. The smallest absolute Gasteiger partial charge is 0.252 e. The topological polar surface area (TPSA) is 74.3 Å². The number of amides is 2. The molecule has 2 heterocycles. The molecule has 0 saturated carbocycles. The monoisotopic (exact) mass is 324 g/mol. The normalized spacial score (nSPS) is 22.3. The predicted molar refractivity (Wildman–Crippen MR) is 86.2 cm³/mol. The van der Waals surface area contributed by atoms with E-state index < -0.39 is 0 Å². The van der Waals surface area contributed by atoms with Gasteiger partial charge < -0.3 is 0 Å². The summed E-state index contributed by atoms with van der Waals surface area (Å²) in [5, 5.41) is 2.66. The molecule has 1 aliphatic rings. The number of carbonyl (C=O) groups excluding carboxylic acids is 2. The quantitative estimate of drug-likeness (QED) is 0.814. The number of likely N-dealkylation sites (tertiary alicyclic amines) is 1. The minimum Gasteiger partial charge on any atom is -0.294 e. The van der Waals surface area contributed by atoms with Gasteiger partial charge in [-0.1, -0.05) is 13.8 Å². The van der Waals surface area contributed by atoms with Crippen molar-refractivity contribution in [2.24, 2.45) is 11.8 Å². The first-order valence-corrected chi connectivity index (χ1v) is 8.51. The Balaban J connectivity index is 1.69. The lowest BCUT2D eigenvalue weighted by molar-refractivity contribution is -0.129. The van der Waals surface area contributed by atoms with E-state index in [1.54, 1.807) is 0 Å². The highest BCUT2D eigenvalue weighted by Gasteiger charge is 2.23. The zero-order chi connectivity index (χ0) is 16.1. The van der Waals surface area contributed by atoms with E-state index in [2.05, 4.69) is 34.6 Å². The van der Waals surface area contributed by atoms with Gasteiger partial charge in [-0.05, 0) is 25.2 Å². The fraction of sp³-hybridized carbons (Fsp3) is 0.667. The lowest BCUT2D eigenvalue weighted by Crippen LogP contribution is -2.49. The second-order valence-corrected chi connectivity index (χ2v) is 7.24. The van der Waals surface area contributed by atoms with Crippen LogP contribution in [0.4, 0.5) is 0 Å². The molecule has 1 saturated heterocycles. The summed E-state index contributed by atoms with van der Waals surface area (Å²) < 4.78 is 0. The molecule has 1 aliphatic heterocycles. The zero-order valence-electron chi connectivity index (χ0n) is 13.4. The molecule has 6 nitrogen and oxygen atoms in total. The van der Waals surface area contributed by atoms with Gasteiger partial charge in [0.15, 0.2) is 0 Å². The summed E-state index contributed by atoms with van der Waals surface area (Å²) in [6.45, 7) is 8.50. The van der Waals surface area contributed by atoms with Gasteiger partial charge in [-0.15, -0.1) is 11.3 Å². The van der Waals surface area contributed by atoms with Crippen molar-refractivity contribution in [3.05, 3.63) is 16.1 Å². The SMILES string of the molecule is Cc1csc(CC(=O)NNC(=O)CN2CC(C)CC(C)C2)n1. The number of carbonyl (C=O) groups is 2. The molecule has 1 aromatic rings. The second-order valence-electron chi connectivity index (χ2n) is 6.30. The summed E-state index contributed by atoms with van der Waals surface area (Å²) in [4.78, 5) is 30.0. The molecule has 2 rings (SSSR count). The first kappa shape index (κ1) is 16.9. The van der Waals surface area contributed by atoms with Gasteiger partial charge in [-0.2, -0.15) is 0 Å². The van der Waals surface area contributed by atoms with Crippen LogP contribution in [0.15, 0.2) is 5.38 Å². The Morgan fingerprint density at radius 2 is 1.91 bits per heavy atom. The summed E-state index contributed by atoms with van der Waals surface area (Å²) in [6, 6.07) is 0. The van der Waals surface area contributed by atoms with Crippen LogP contribution in [-0.4, -0.2) is 41.3 Å². The Labute approximate surface area is 135 Å². The lowest BCUT2D eigenvalue weighted by atomic mass is 9.92. The summed E-state index contributed by atoms with van der Waals surface area (Å²) in [5.74, 6) is 0.798. The van der Waals surface area contributed by atoms with Crippen molar-refractivity contribution in [3.63, 3.8) is 0 Å². The van der Waals surface area contributed by atoms with Crippen LogP contribution in [0.2, 0.25) is 0 Å². The maximum absolute atomic E-state index is 11.9. The molecule has 1 fully saturated rings. The molecule has 7 heteroatoms. The Kier molecular flexibility index (Phi) is 5.90. The molecule has 122 valence electrons. The highest BCUT2D eigenvalue weighted by molar-refractivity contribution is 7.09. The maximum Gasteiger partial charge on any atom is 0.252 e. The van der Waals surface area contributed by atoms with E-state index in [4.69, 9.17) is 0 Å². The third kappa shape index (κ3) is 5.38. The van der Waals surface area contributed by atoms with Crippen LogP contribution in [0.3, 0.4) is 0 Å². The van der Waals surface area contributed by atoms with E-state index in [1.165, 1.54) is 17.8 Å². The fourth-order valence-corrected chi connectivity index (χ4v) is 3.74. The molecule has 0 spiro atoms. The number of nitrogens with one attached hydrogen (secondary N) is 2. The summed E-state index contributed by atoms with van der Waals surface area (Å²) in [6.07, 6.45) is 1.40. The number of aromatic nitrogens is 1. The van der Waals surface area contributed by atoms with Gasteiger partial charge in [0.1, 0.15) is 5.01 Å². The van der Waals surface area contributed by atoms with Gasteiger partial charge in [-0.25, -0.2) is 4.98 Å². The highest BCUT2D eigenvalue weighted by atomic mass is 32.1. The summed E-state index contributed by atoms with van der Waals surface area (Å²) >= 11 is 1.45. The van der Waals surface area contributed by atoms with Crippen molar-refractivity contribution in [1.29, 1.82) is 0 Å². The van der Waals surface area contributed by atoms with Crippen molar-refractivity contribution in [2.45, 2.75) is 33.6 Å². The third-order valence-corrected chi connectivity index (χ3v) is 4.60. The molecule has 2 atom stereocenters. The van der Waals surface area contributed by atoms with Crippen molar-refractivity contribution < 1.29 is 9.59 Å². The van der Waals surface area contributed by atoms with Crippen molar-refractivity contribution in [2.75, 3.05) is 19.6 Å². The van der Waals surface area contributed by atoms with Gasteiger partial charge in [0.05, 0.1) is 13.0 Å². The number of thiazole rings is 1. The van der Waals surface area contributed by atoms with Gasteiger partial charge in [0, 0.05) is 24.2 Å². The van der Waals surface area contributed by atoms with Gasteiger partial charge in [-0.3, -0.25) is 25.3 Å². The second kappa shape index (κ2) is 7.69. The Morgan fingerprint density at radius 3 is 2.50 bits per heavy atom. The molecular weight excluding hydrogens is 300 g/mol. The first-order chi connectivity index (χ1) is 10.4. The molecule has 2 unspecified atom stereocenters. The molecule has 0 bridgehead atoms. The van der Waals surface area contributed by atoms with E-state index >= 15 is 0 Å². The minimum atomic E-state index is -0.247. The van der Waals surface area contributed by atoms with Crippen LogP contribution >= 0.6 is 11.3 Å². The Bertz CT molecular complexity index is 521. The van der Waals surface area contributed by atoms with Crippen LogP contribution in [0.25, 0.3) is 0 Å². The molecule has 2 N–H and O–H groups in total. The average molecular weight is 324 g/mol. The van der Waals surface area contributed by atoms with Crippen LogP contribution in [-0.2, 0) is 16.0 Å². The van der Waals surface area contributed by atoms with E-state index in [-0.39, 0.29) is 18.2 Å². The third-order valence-electron chi connectivity index (χ3n) is 3.63. The largest absolute Gasteiger partial charge is 0.294 e. The zero-order valence-corrected chi connectivity index (χ0v) is 14.2. The van der Waals surface area contributed by atoms with E-state index in [0.717, 1.165) is 23.8 Å². The number of rotatable bonds is 4. The summed E-state index contributed by atoms with van der Waals surface area (Å²) in [7, 11) is 0. The molecule has 2 amide bonds. The van der Waals surface area contributed by atoms with E-state index in [1.807, 2.05) is 12.3 Å². The molecule has 0 radical (unpaired) electrons. The van der Waals surface area contributed by atoms with Crippen LogP contribution < -0.4 is 10.9 Å². The predicted octanol–water partition coefficient (Wildman–Crippen LogP) is 1.12. The number of nitrogens with zero attached hydrogens (tertiary/aromatic N) is 2. The number of piperidine rings is 1. The number of aryl methyl sites for hydroxylation is 1. The van der Waals surface area contributed by atoms with Crippen molar-refractivity contribution in [3.8, 4) is 0 Å². The Hall–Kier alpha value is -1.47. The standard InChI is InChI=1S/C15H24N4O2S/c1-10-4-11(2)7-19(6-10)8-14(21)18-17-13(20)5-15-16-12(3)9-22-15/h9-11H,4-8H2,1-3H3,(H,17,20)(H,18,21). The Morgan fingerprint density at radius 1 is 1.27 bits per heavy atom. The average Bonchev–Trinajstić information content (AvgIpc) is 2.80. The van der Waals surface area contributed by atoms with Crippen molar-refractivity contribution >= 4 is 23.2 Å². The van der Waals surface area contributed by atoms with Crippen LogP contribution in [0.5, 0.6) is 0 Å². The van der Waals surface area contributed by atoms with E-state index in [9.17, 15) is 9.59 Å². The fourth-order valence-electron chi connectivity index (χ4n) is 2.97. The van der Waals surface area contributed by atoms with Crippen molar-refractivity contribution in [1.82, 2.24) is 20.7 Å². The number of hydrogen-bond acceptors (Lipinski definition) is 5. The highest BCUT2D eigenvalue weighted by Crippen LogP contribution is 2.20. The minimum absolute atomic E-state index is 0.176. The lowest BCUT2D eigenvalue weighted by Gasteiger charge is -2.34. The molecular formula is C15H24N4O2S. The maximum atomic E-state index is 11.9. The summed E-state index contributed by atoms with van der Waals surface area (Å²) in [5.41, 5.74) is 5.84. The van der Waals surface area contributed by atoms with Gasteiger partial charge >= 0.3 is 0 Å². The van der Waals surface area contributed by atoms with E-state index in [0.29, 0.717) is 18.4 Å². The van der Waals surface area contributed by atoms with Crippen LogP contribution in [0, 0.1) is 18.8 Å². The molecule has 22 heavy (non-hydrogen) atoms. The van der Waals surface area contributed by atoms with Gasteiger partial charge in [0.2, 0.25) is 5.91 Å². The molecule has 1 aromatic heterocycles. The number of hydrogen-bond donors (Lipinski definition) is 2. The number of hydrazine groups is 1.